The second-order valence-electron chi connectivity index (χ2n) is 5.58. The fourth-order valence-corrected chi connectivity index (χ4v) is 3.16. The van der Waals surface area contributed by atoms with E-state index in [1.54, 1.807) is 6.20 Å². The van der Waals surface area contributed by atoms with Gasteiger partial charge < -0.3 is 9.72 Å². The van der Waals surface area contributed by atoms with E-state index in [9.17, 15) is 9.59 Å². The van der Waals surface area contributed by atoms with E-state index in [0.717, 1.165) is 11.1 Å². The highest BCUT2D eigenvalue weighted by atomic mass is 16.5. The lowest BCUT2D eigenvalue weighted by atomic mass is 9.77. The van der Waals surface area contributed by atoms with E-state index < -0.39 is 5.60 Å². The summed E-state index contributed by atoms with van der Waals surface area (Å²) in [7, 11) is 0. The summed E-state index contributed by atoms with van der Waals surface area (Å²) in [5, 5.41) is 0. The van der Waals surface area contributed by atoms with Crippen molar-refractivity contribution in [1.29, 1.82) is 0 Å². The number of hydrogen-bond donors (Lipinski definition) is 1. The number of nitrogens with one attached hydrogen (secondary N) is 1. The van der Waals surface area contributed by atoms with E-state index in [0.29, 0.717) is 31.4 Å². The predicted molar refractivity (Wildman–Crippen MR) is 83.6 cm³/mol. The third-order valence-corrected chi connectivity index (χ3v) is 4.38. The molecule has 0 radical (unpaired) electrons. The van der Waals surface area contributed by atoms with Crippen LogP contribution < -0.4 is 5.56 Å². The fourth-order valence-electron chi connectivity index (χ4n) is 3.16. The molecule has 1 heterocycles. The van der Waals surface area contributed by atoms with Crippen LogP contribution in [0.5, 0.6) is 0 Å². The summed E-state index contributed by atoms with van der Waals surface area (Å²) in [6.45, 7) is 2.28. The lowest BCUT2D eigenvalue weighted by Gasteiger charge is -2.36. The minimum atomic E-state index is -1.00. The Hall–Kier alpha value is -2.20. The fraction of sp³-hybridized carbons (Fsp3) is 0.333. The number of carbonyl (C=O) groups is 1. The molecule has 4 heteroatoms. The van der Waals surface area contributed by atoms with Crippen molar-refractivity contribution in [3.8, 4) is 0 Å². The molecule has 2 aromatic rings. The third-order valence-electron chi connectivity index (χ3n) is 4.38. The lowest BCUT2D eigenvalue weighted by molar-refractivity contribution is -0.151. The number of ether oxygens (including phenoxy) is 1. The van der Waals surface area contributed by atoms with Crippen molar-refractivity contribution in [2.45, 2.75) is 38.4 Å². The van der Waals surface area contributed by atoms with Crippen LogP contribution in [0.4, 0.5) is 0 Å². The van der Waals surface area contributed by atoms with Gasteiger partial charge in [-0.2, -0.15) is 0 Å². The number of ketones is 1. The maximum atomic E-state index is 12.6. The average Bonchev–Trinajstić information content (AvgIpc) is 2.56. The Morgan fingerprint density at radius 2 is 1.91 bits per heavy atom. The Labute approximate surface area is 129 Å². The van der Waals surface area contributed by atoms with Gasteiger partial charge in [-0.15, -0.1) is 0 Å². The quantitative estimate of drug-likeness (QED) is 0.944. The van der Waals surface area contributed by atoms with Crippen LogP contribution in [0.3, 0.4) is 0 Å². The summed E-state index contributed by atoms with van der Waals surface area (Å²) in [5.41, 5.74) is 1.30. The highest BCUT2D eigenvalue weighted by Gasteiger charge is 2.44. The van der Waals surface area contributed by atoms with Crippen molar-refractivity contribution in [2.24, 2.45) is 0 Å². The monoisotopic (exact) mass is 297 g/mol. The van der Waals surface area contributed by atoms with Gasteiger partial charge in [-0.1, -0.05) is 37.3 Å². The Kier molecular flexibility index (Phi) is 3.94. The molecule has 0 aliphatic heterocycles. The molecule has 0 amide bonds. The summed E-state index contributed by atoms with van der Waals surface area (Å²) in [6.07, 6.45) is 2.95. The highest BCUT2D eigenvalue weighted by molar-refractivity contribution is 5.90. The molecule has 0 saturated heterocycles. The number of aromatic amines is 1. The van der Waals surface area contributed by atoms with Gasteiger partial charge in [0.2, 0.25) is 0 Å². The van der Waals surface area contributed by atoms with Crippen LogP contribution in [0.1, 0.15) is 36.5 Å². The first kappa shape index (κ1) is 14.7. The number of hydrogen-bond acceptors (Lipinski definition) is 3. The Morgan fingerprint density at radius 1 is 1.14 bits per heavy atom. The maximum Gasteiger partial charge on any atom is 0.251 e. The minimum Gasteiger partial charge on any atom is -0.358 e. The van der Waals surface area contributed by atoms with Crippen molar-refractivity contribution in [2.75, 3.05) is 0 Å². The molecule has 0 fully saturated rings. The van der Waals surface area contributed by atoms with Crippen LogP contribution in [0, 0.1) is 0 Å². The standard InChI is InChI=1S/C18H19NO3/c1-2-18(22-12-13-6-4-3-5-7-13)15-10-11-19-17(21)14(15)8-9-16(18)20/h3-7,10-11H,2,8-9,12H2,1H3,(H,19,21). The van der Waals surface area contributed by atoms with E-state index in [1.807, 2.05) is 43.3 Å². The summed E-state index contributed by atoms with van der Waals surface area (Å²) < 4.78 is 6.10. The molecule has 0 saturated carbocycles. The van der Waals surface area contributed by atoms with Gasteiger partial charge >= 0.3 is 0 Å². The molecular formula is C18H19NO3. The van der Waals surface area contributed by atoms with Gasteiger partial charge in [-0.3, -0.25) is 9.59 Å². The van der Waals surface area contributed by atoms with Crippen molar-refractivity contribution < 1.29 is 9.53 Å². The van der Waals surface area contributed by atoms with Crippen molar-refractivity contribution in [1.82, 2.24) is 4.98 Å². The second kappa shape index (κ2) is 5.89. The average molecular weight is 297 g/mol. The molecule has 0 spiro atoms. The summed E-state index contributed by atoms with van der Waals surface area (Å²) in [5.74, 6) is 0.0593. The van der Waals surface area contributed by atoms with Gasteiger partial charge in [0.1, 0.15) is 0 Å². The molecule has 4 nitrogen and oxygen atoms in total. The molecule has 1 aliphatic rings. The van der Waals surface area contributed by atoms with Crippen LogP contribution in [0.15, 0.2) is 47.4 Å². The van der Waals surface area contributed by atoms with Crippen LogP contribution in [0.25, 0.3) is 0 Å². The molecule has 114 valence electrons. The van der Waals surface area contributed by atoms with Gasteiger partial charge in [0.25, 0.3) is 5.56 Å². The largest absolute Gasteiger partial charge is 0.358 e. The van der Waals surface area contributed by atoms with E-state index in [-0.39, 0.29) is 11.3 Å². The number of benzene rings is 1. The first-order valence-electron chi connectivity index (χ1n) is 7.59. The molecular weight excluding hydrogens is 278 g/mol. The normalized spacial score (nSPS) is 20.7. The summed E-state index contributed by atoms with van der Waals surface area (Å²) in [6, 6.07) is 11.6. The molecule has 1 unspecified atom stereocenters. The number of carbonyl (C=O) groups excluding carboxylic acids is 1. The van der Waals surface area contributed by atoms with Crippen LogP contribution in [0.2, 0.25) is 0 Å². The zero-order chi connectivity index (χ0) is 15.6. The van der Waals surface area contributed by atoms with Gasteiger partial charge in [0, 0.05) is 23.7 Å². The van der Waals surface area contributed by atoms with Gasteiger partial charge in [0.15, 0.2) is 11.4 Å². The second-order valence-corrected chi connectivity index (χ2v) is 5.58. The first-order valence-corrected chi connectivity index (χ1v) is 7.59. The third kappa shape index (κ3) is 2.40. The van der Waals surface area contributed by atoms with Gasteiger partial charge in [-0.05, 0) is 24.5 Å². The van der Waals surface area contributed by atoms with Crippen LogP contribution in [-0.4, -0.2) is 10.8 Å². The topological polar surface area (TPSA) is 59.2 Å². The number of Topliss-reactive ketones (excluding diaryl/α,β-unsaturated/α-hetero) is 1. The molecule has 1 aromatic heterocycles. The molecule has 3 rings (SSSR count). The highest BCUT2D eigenvalue weighted by Crippen LogP contribution is 2.38. The van der Waals surface area contributed by atoms with Crippen LogP contribution >= 0.6 is 0 Å². The molecule has 1 aliphatic carbocycles. The number of rotatable bonds is 4. The van der Waals surface area contributed by atoms with Gasteiger partial charge in [-0.25, -0.2) is 0 Å². The Bertz CT molecular complexity index is 735. The summed E-state index contributed by atoms with van der Waals surface area (Å²) >= 11 is 0. The van der Waals surface area contributed by atoms with E-state index in [1.165, 1.54) is 0 Å². The van der Waals surface area contributed by atoms with Crippen molar-refractivity contribution in [3.05, 3.63) is 69.6 Å². The molecule has 22 heavy (non-hydrogen) atoms. The van der Waals surface area contributed by atoms with Crippen molar-refractivity contribution in [3.63, 3.8) is 0 Å². The van der Waals surface area contributed by atoms with Crippen molar-refractivity contribution >= 4 is 5.78 Å². The minimum absolute atomic E-state index is 0.0593. The lowest BCUT2D eigenvalue weighted by Crippen LogP contribution is -2.44. The van der Waals surface area contributed by atoms with E-state index in [4.69, 9.17) is 4.74 Å². The first-order chi connectivity index (χ1) is 10.7. The number of pyridine rings is 1. The Balaban J connectivity index is 1.99. The molecule has 1 aromatic carbocycles. The SMILES string of the molecule is CCC1(OCc2ccccc2)C(=O)CCc2c1cc[nH]c2=O. The number of H-pyrrole nitrogens is 1. The zero-order valence-corrected chi connectivity index (χ0v) is 12.6. The van der Waals surface area contributed by atoms with E-state index in [2.05, 4.69) is 4.98 Å². The van der Waals surface area contributed by atoms with E-state index >= 15 is 0 Å². The number of fused-ring (bicyclic) bond motifs is 1. The predicted octanol–water partition coefficient (Wildman–Crippen LogP) is 2.71. The van der Waals surface area contributed by atoms with Crippen LogP contribution in [-0.2, 0) is 28.2 Å². The smallest absolute Gasteiger partial charge is 0.251 e. The molecule has 1 atom stereocenters. The molecule has 1 N–H and O–H groups in total. The molecule has 0 bridgehead atoms. The van der Waals surface area contributed by atoms with Gasteiger partial charge in [0.05, 0.1) is 6.61 Å². The summed E-state index contributed by atoms with van der Waals surface area (Å²) in [4.78, 5) is 27.3. The maximum absolute atomic E-state index is 12.6. The number of aromatic nitrogens is 1. The zero-order valence-electron chi connectivity index (χ0n) is 12.6. The Morgan fingerprint density at radius 3 is 2.64 bits per heavy atom.